The Hall–Kier alpha value is -1.07. The summed E-state index contributed by atoms with van der Waals surface area (Å²) in [5.74, 6) is -0.680. The van der Waals surface area contributed by atoms with Crippen LogP contribution in [0.4, 0.5) is 0 Å². The molecule has 1 aliphatic rings. The largest absolute Gasteiger partial charge is 0.426 e. The van der Waals surface area contributed by atoms with E-state index < -0.39 is 21.7 Å². The minimum absolute atomic E-state index is 0.0610. The Morgan fingerprint density at radius 3 is 2.37 bits per heavy atom. The monoisotopic (exact) mass is 302 g/mol. The molecule has 0 aromatic heterocycles. The summed E-state index contributed by atoms with van der Waals surface area (Å²) >= 11 is 6.03. The highest BCUT2D eigenvalue weighted by Gasteiger charge is 2.34. The minimum Gasteiger partial charge on any atom is -0.426 e. The number of carbonyl (C=O) groups excluding carboxylic acids is 1. The zero-order valence-electron chi connectivity index (χ0n) is 10.8. The van der Waals surface area contributed by atoms with Gasteiger partial charge >= 0.3 is 5.97 Å². The molecule has 6 heteroatoms. The number of benzene rings is 1. The number of hydrogen-bond donors (Lipinski definition) is 0. The summed E-state index contributed by atoms with van der Waals surface area (Å²) in [5.41, 5.74) is 1.65. The molecule has 0 spiro atoms. The standard InChI is InChI=1S/C13H15ClO4S/c1-8-5-11(6-9(2)12(8)14)18-13(15)10-3-4-19(16,17)7-10/h5-6,10H,3-4,7H2,1-2H3/t10-/m0/s1. The Labute approximate surface area is 117 Å². The van der Waals surface area contributed by atoms with E-state index in [2.05, 4.69) is 0 Å². The maximum absolute atomic E-state index is 11.9. The third-order valence-corrected chi connectivity index (χ3v) is 5.56. The topological polar surface area (TPSA) is 60.4 Å². The smallest absolute Gasteiger partial charge is 0.315 e. The molecular weight excluding hydrogens is 288 g/mol. The zero-order valence-corrected chi connectivity index (χ0v) is 12.3. The highest BCUT2D eigenvalue weighted by Crippen LogP contribution is 2.27. The molecule has 0 bridgehead atoms. The van der Waals surface area contributed by atoms with Crippen molar-refractivity contribution in [1.82, 2.24) is 0 Å². The van der Waals surface area contributed by atoms with E-state index in [0.717, 1.165) is 11.1 Å². The number of rotatable bonds is 2. The molecule has 1 saturated heterocycles. The van der Waals surface area contributed by atoms with E-state index >= 15 is 0 Å². The molecule has 0 amide bonds. The number of halogens is 1. The summed E-state index contributed by atoms with van der Waals surface area (Å²) in [6.07, 6.45) is 0.340. The molecule has 0 unspecified atom stereocenters. The SMILES string of the molecule is Cc1cc(OC(=O)[C@H]2CCS(=O)(=O)C2)cc(C)c1Cl. The van der Waals surface area contributed by atoms with Crippen LogP contribution >= 0.6 is 11.6 Å². The number of hydrogen-bond acceptors (Lipinski definition) is 4. The normalized spacial score (nSPS) is 21.3. The Morgan fingerprint density at radius 2 is 1.89 bits per heavy atom. The first-order chi connectivity index (χ1) is 8.78. The summed E-state index contributed by atoms with van der Waals surface area (Å²) in [6.45, 7) is 3.65. The van der Waals surface area contributed by atoms with Gasteiger partial charge in [-0.3, -0.25) is 4.79 Å². The van der Waals surface area contributed by atoms with Gasteiger partial charge in [-0.25, -0.2) is 8.42 Å². The summed E-state index contributed by atoms with van der Waals surface area (Å²) in [7, 11) is -3.08. The number of carbonyl (C=O) groups is 1. The van der Waals surface area contributed by atoms with Crippen molar-refractivity contribution in [3.8, 4) is 5.75 Å². The van der Waals surface area contributed by atoms with E-state index in [0.29, 0.717) is 17.2 Å². The van der Waals surface area contributed by atoms with Crippen molar-refractivity contribution in [3.63, 3.8) is 0 Å². The van der Waals surface area contributed by atoms with E-state index in [9.17, 15) is 13.2 Å². The van der Waals surface area contributed by atoms with Crippen LogP contribution in [0, 0.1) is 19.8 Å². The lowest BCUT2D eigenvalue weighted by molar-refractivity contribution is -0.138. The summed E-state index contributed by atoms with van der Waals surface area (Å²) in [5, 5.41) is 0.642. The number of aryl methyl sites for hydroxylation is 2. The molecule has 1 aromatic carbocycles. The molecule has 1 aromatic rings. The van der Waals surface area contributed by atoms with Crippen molar-refractivity contribution in [2.75, 3.05) is 11.5 Å². The quantitative estimate of drug-likeness (QED) is 0.621. The van der Waals surface area contributed by atoms with Gasteiger partial charge in [-0.1, -0.05) is 11.6 Å². The molecule has 0 radical (unpaired) electrons. The predicted molar refractivity (Wildman–Crippen MR) is 73.3 cm³/mol. The fraction of sp³-hybridized carbons (Fsp3) is 0.462. The fourth-order valence-corrected chi connectivity index (χ4v) is 3.98. The average Bonchev–Trinajstić information content (AvgIpc) is 2.66. The molecule has 1 heterocycles. The third kappa shape index (κ3) is 3.28. The van der Waals surface area contributed by atoms with Crippen molar-refractivity contribution in [2.24, 2.45) is 5.92 Å². The zero-order chi connectivity index (χ0) is 14.2. The molecule has 2 rings (SSSR count). The summed E-state index contributed by atoms with van der Waals surface area (Å²) in [4.78, 5) is 11.9. The molecule has 104 valence electrons. The van der Waals surface area contributed by atoms with Crippen molar-refractivity contribution < 1.29 is 17.9 Å². The van der Waals surface area contributed by atoms with Crippen LogP contribution in [0.3, 0.4) is 0 Å². The lowest BCUT2D eigenvalue weighted by atomic mass is 10.1. The predicted octanol–water partition coefficient (Wildman–Crippen LogP) is 2.30. The van der Waals surface area contributed by atoms with Crippen LogP contribution < -0.4 is 4.74 Å². The van der Waals surface area contributed by atoms with Gasteiger partial charge in [-0.2, -0.15) is 0 Å². The second-order valence-electron chi connectivity index (χ2n) is 4.89. The van der Waals surface area contributed by atoms with Gasteiger partial charge in [0.15, 0.2) is 9.84 Å². The Bertz CT molecular complexity index is 599. The number of ether oxygens (including phenoxy) is 1. The Balaban J connectivity index is 2.12. The molecule has 0 aliphatic carbocycles. The van der Waals surface area contributed by atoms with Crippen LogP contribution in [0.2, 0.25) is 5.02 Å². The average molecular weight is 303 g/mol. The maximum atomic E-state index is 11.9. The van der Waals surface area contributed by atoms with Crippen molar-refractivity contribution >= 4 is 27.4 Å². The number of sulfone groups is 1. The molecule has 1 aliphatic heterocycles. The van der Waals surface area contributed by atoms with Crippen molar-refractivity contribution in [3.05, 3.63) is 28.3 Å². The van der Waals surface area contributed by atoms with E-state index in [1.807, 2.05) is 13.8 Å². The first kappa shape index (κ1) is 14.3. The summed E-state index contributed by atoms with van der Waals surface area (Å²) < 4.78 is 27.9. The van der Waals surface area contributed by atoms with Crippen LogP contribution in [0.15, 0.2) is 12.1 Å². The van der Waals surface area contributed by atoms with Crippen molar-refractivity contribution in [1.29, 1.82) is 0 Å². The van der Waals surface area contributed by atoms with Gasteiger partial charge in [0.1, 0.15) is 5.75 Å². The first-order valence-electron chi connectivity index (χ1n) is 5.97. The van der Waals surface area contributed by atoms with Gasteiger partial charge in [-0.15, -0.1) is 0 Å². The molecule has 1 fully saturated rings. The van der Waals surface area contributed by atoms with Gasteiger partial charge in [0.05, 0.1) is 17.4 Å². The molecule has 0 saturated carbocycles. The lowest BCUT2D eigenvalue weighted by Gasteiger charge is -2.11. The fourth-order valence-electron chi connectivity index (χ4n) is 2.15. The van der Waals surface area contributed by atoms with Gasteiger partial charge < -0.3 is 4.74 Å². The van der Waals surface area contributed by atoms with Crippen LogP contribution in [0.1, 0.15) is 17.5 Å². The Kier molecular flexibility index (Phi) is 3.87. The second kappa shape index (κ2) is 5.13. The number of esters is 1. The van der Waals surface area contributed by atoms with E-state index in [4.69, 9.17) is 16.3 Å². The maximum Gasteiger partial charge on any atom is 0.315 e. The van der Waals surface area contributed by atoms with E-state index in [-0.39, 0.29) is 11.5 Å². The molecule has 0 N–H and O–H groups in total. The van der Waals surface area contributed by atoms with Gasteiger partial charge in [0.25, 0.3) is 0 Å². The van der Waals surface area contributed by atoms with Crippen LogP contribution in [-0.2, 0) is 14.6 Å². The van der Waals surface area contributed by atoms with E-state index in [1.165, 1.54) is 0 Å². The molecule has 19 heavy (non-hydrogen) atoms. The first-order valence-corrected chi connectivity index (χ1v) is 8.17. The second-order valence-corrected chi connectivity index (χ2v) is 7.50. The van der Waals surface area contributed by atoms with Gasteiger partial charge in [-0.05, 0) is 43.5 Å². The molecule has 1 atom stereocenters. The summed E-state index contributed by atoms with van der Waals surface area (Å²) in [6, 6.07) is 3.35. The minimum atomic E-state index is -3.08. The third-order valence-electron chi connectivity index (χ3n) is 3.19. The van der Waals surface area contributed by atoms with Crippen molar-refractivity contribution in [2.45, 2.75) is 20.3 Å². The lowest BCUT2D eigenvalue weighted by Crippen LogP contribution is -2.21. The van der Waals surface area contributed by atoms with Gasteiger partial charge in [0, 0.05) is 5.02 Å². The molecule has 4 nitrogen and oxygen atoms in total. The van der Waals surface area contributed by atoms with Crippen LogP contribution in [0.5, 0.6) is 5.75 Å². The molecular formula is C13H15ClO4S. The van der Waals surface area contributed by atoms with Gasteiger partial charge in [0.2, 0.25) is 0 Å². The Morgan fingerprint density at radius 1 is 1.32 bits per heavy atom. The van der Waals surface area contributed by atoms with Crippen LogP contribution in [-0.4, -0.2) is 25.9 Å². The van der Waals surface area contributed by atoms with Crippen LogP contribution in [0.25, 0.3) is 0 Å². The highest BCUT2D eigenvalue weighted by atomic mass is 35.5. The van der Waals surface area contributed by atoms with E-state index in [1.54, 1.807) is 12.1 Å². The highest BCUT2D eigenvalue weighted by molar-refractivity contribution is 7.91.